The topological polar surface area (TPSA) is 57.6 Å². The summed E-state index contributed by atoms with van der Waals surface area (Å²) < 4.78 is 1.55. The van der Waals surface area contributed by atoms with Crippen molar-refractivity contribution in [1.29, 1.82) is 0 Å². The molecule has 1 aromatic carbocycles. The zero-order valence-corrected chi connectivity index (χ0v) is 12.6. The molecule has 0 aliphatic rings. The Morgan fingerprint density at radius 1 is 1.26 bits per heavy atom. The minimum atomic E-state index is -0.846. The molecular weight excluding hydrogens is 309 g/mol. The van der Waals surface area contributed by atoms with Gasteiger partial charge in [0.15, 0.2) is 0 Å². The number of Topliss-reactive ketones (excluding diaryl/α,β-unsaturated/α-hetero) is 1. The van der Waals surface area contributed by atoms with Crippen LogP contribution in [-0.4, -0.2) is 56.9 Å². The summed E-state index contributed by atoms with van der Waals surface area (Å²) in [5, 5.41) is 9.94. The molecule has 2 rings (SSSR count). The zero-order valence-electron chi connectivity index (χ0n) is 10.8. The maximum atomic E-state index is 11.7. The molecule has 100 valence electrons. The van der Waals surface area contributed by atoms with Gasteiger partial charge in [-0.2, -0.15) is 0 Å². The molecule has 0 saturated carbocycles. The fraction of sp³-hybridized carbons (Fsp3) is 0.286. The van der Waals surface area contributed by atoms with Crippen LogP contribution >= 0.6 is 0 Å². The molecular formula is C14H15NO3Se. The molecule has 0 aliphatic heterocycles. The number of nitrogens with zero attached hydrogens (tertiary/aromatic N) is 1. The van der Waals surface area contributed by atoms with Crippen molar-refractivity contribution >= 4 is 35.9 Å². The number of ketones is 1. The average Bonchev–Trinajstić information content (AvgIpc) is 2.70. The van der Waals surface area contributed by atoms with E-state index in [2.05, 4.69) is 0 Å². The first-order chi connectivity index (χ1) is 8.95. The molecule has 1 N–H and O–H groups in total. The van der Waals surface area contributed by atoms with Crippen LogP contribution in [0.15, 0.2) is 24.3 Å². The van der Waals surface area contributed by atoms with Crippen molar-refractivity contribution < 1.29 is 14.7 Å². The van der Waals surface area contributed by atoms with Crippen molar-refractivity contribution in [3.63, 3.8) is 0 Å². The second kappa shape index (κ2) is 5.70. The fourth-order valence-electron chi connectivity index (χ4n) is 1.94. The van der Waals surface area contributed by atoms with Crippen LogP contribution in [0.1, 0.15) is 14.8 Å². The van der Waals surface area contributed by atoms with E-state index in [1.807, 2.05) is 37.2 Å². The summed E-state index contributed by atoms with van der Waals surface area (Å²) in [5.74, 6) is -0.683. The van der Waals surface area contributed by atoms with Crippen LogP contribution in [0.4, 0.5) is 0 Å². The normalized spacial score (nSPS) is 11.1. The molecule has 0 atom stereocenters. The van der Waals surface area contributed by atoms with E-state index in [4.69, 9.17) is 5.11 Å². The van der Waals surface area contributed by atoms with Crippen LogP contribution in [-0.2, 0) is 11.2 Å². The summed E-state index contributed by atoms with van der Waals surface area (Å²) in [6, 6.07) is 7.52. The van der Waals surface area contributed by atoms with Gasteiger partial charge >= 0.3 is 117 Å². The first kappa shape index (κ1) is 14.0. The number of rotatable bonds is 5. The molecule has 0 fully saturated rings. The summed E-state index contributed by atoms with van der Waals surface area (Å²) in [6.45, 7) is 0.428. The number of carbonyl (C=O) groups excluding carboxylic acids is 1. The fourth-order valence-corrected chi connectivity index (χ4v) is 3.79. The van der Waals surface area contributed by atoms with E-state index in [9.17, 15) is 9.59 Å². The molecule has 0 saturated heterocycles. The van der Waals surface area contributed by atoms with Crippen LogP contribution in [0.3, 0.4) is 0 Å². The summed E-state index contributed by atoms with van der Waals surface area (Å²) in [7, 11) is 3.73. The van der Waals surface area contributed by atoms with Crippen LogP contribution < -0.4 is 0 Å². The van der Waals surface area contributed by atoms with Gasteiger partial charge in [-0.15, -0.1) is 0 Å². The Labute approximate surface area is 117 Å². The van der Waals surface area contributed by atoms with E-state index >= 15 is 0 Å². The molecule has 0 spiro atoms. The Bertz CT molecular complexity index is 631. The van der Waals surface area contributed by atoms with Gasteiger partial charge in [0.1, 0.15) is 0 Å². The Balaban J connectivity index is 2.21. The van der Waals surface area contributed by atoms with E-state index < -0.39 is 5.97 Å². The molecule has 5 heteroatoms. The number of fused-ring (bicyclic) bond motifs is 1. The monoisotopic (exact) mass is 325 g/mol. The Kier molecular flexibility index (Phi) is 4.20. The van der Waals surface area contributed by atoms with Gasteiger partial charge in [-0.25, -0.2) is 0 Å². The van der Waals surface area contributed by atoms with Crippen molar-refractivity contribution in [2.75, 3.05) is 20.6 Å². The summed E-state index contributed by atoms with van der Waals surface area (Å²) in [6.07, 6.45) is 0.398. The quantitative estimate of drug-likeness (QED) is 0.842. The predicted octanol–water partition coefficient (Wildman–Crippen LogP) is 1.27. The first-order valence-corrected chi connectivity index (χ1v) is 7.59. The summed E-state index contributed by atoms with van der Waals surface area (Å²) >= 11 is -0.118. The van der Waals surface area contributed by atoms with Crippen molar-refractivity contribution in [3.8, 4) is 0 Å². The summed E-state index contributed by atoms with van der Waals surface area (Å²) in [4.78, 5) is 24.5. The molecule has 1 heterocycles. The third-order valence-electron chi connectivity index (χ3n) is 2.69. The predicted molar refractivity (Wildman–Crippen MR) is 75.1 cm³/mol. The molecule has 19 heavy (non-hydrogen) atoms. The van der Waals surface area contributed by atoms with Crippen molar-refractivity contribution in [2.45, 2.75) is 6.42 Å². The van der Waals surface area contributed by atoms with Crippen molar-refractivity contribution in [2.24, 2.45) is 0 Å². The van der Waals surface area contributed by atoms with Crippen LogP contribution in [0.2, 0.25) is 0 Å². The second-order valence-electron chi connectivity index (χ2n) is 4.74. The van der Waals surface area contributed by atoms with Crippen LogP contribution in [0.25, 0.3) is 9.65 Å². The van der Waals surface area contributed by atoms with E-state index in [0.29, 0.717) is 17.4 Å². The number of benzene rings is 1. The van der Waals surface area contributed by atoms with Gasteiger partial charge in [0.2, 0.25) is 0 Å². The number of likely N-dealkylation sites (N-methyl/N-ethyl adjacent to an activating group) is 1. The van der Waals surface area contributed by atoms with Gasteiger partial charge in [0.05, 0.1) is 0 Å². The SMILES string of the molecule is CN(C)CC(=O)Cc1ccc2[se]c(C(=O)O)cc2c1. The van der Waals surface area contributed by atoms with Crippen LogP contribution in [0.5, 0.6) is 0 Å². The third kappa shape index (κ3) is 3.53. The third-order valence-corrected chi connectivity index (χ3v) is 5.00. The number of carboxylic acids is 1. The number of carboxylic acid groups (broad SMARTS) is 1. The van der Waals surface area contributed by atoms with Gasteiger partial charge < -0.3 is 0 Å². The van der Waals surface area contributed by atoms with Crippen molar-refractivity contribution in [1.82, 2.24) is 4.90 Å². The maximum absolute atomic E-state index is 11.7. The van der Waals surface area contributed by atoms with E-state index in [-0.39, 0.29) is 20.3 Å². The standard InChI is InChI=1S/C14H15NO3Se/c1-15(2)8-11(16)6-9-3-4-12-10(5-9)7-13(19-12)14(17)18/h3-5,7H,6,8H2,1-2H3,(H,17,18). The van der Waals surface area contributed by atoms with E-state index in [1.165, 1.54) is 0 Å². The number of hydrogen-bond acceptors (Lipinski definition) is 3. The number of aromatic carboxylic acids is 1. The molecule has 4 nitrogen and oxygen atoms in total. The average molecular weight is 324 g/mol. The Hall–Kier alpha value is -1.42. The van der Waals surface area contributed by atoms with Crippen molar-refractivity contribution in [3.05, 3.63) is 34.3 Å². The first-order valence-electron chi connectivity index (χ1n) is 5.88. The molecule has 0 aliphatic carbocycles. The zero-order chi connectivity index (χ0) is 14.0. The van der Waals surface area contributed by atoms with Gasteiger partial charge in [0.25, 0.3) is 0 Å². The second-order valence-corrected chi connectivity index (χ2v) is 7.02. The summed E-state index contributed by atoms with van der Waals surface area (Å²) in [5.41, 5.74) is 0.948. The van der Waals surface area contributed by atoms with Gasteiger partial charge in [-0.05, 0) is 0 Å². The number of hydrogen-bond donors (Lipinski definition) is 1. The molecule has 1 aromatic heterocycles. The van der Waals surface area contributed by atoms with E-state index in [1.54, 1.807) is 6.07 Å². The molecule has 0 bridgehead atoms. The van der Waals surface area contributed by atoms with Gasteiger partial charge in [0, 0.05) is 0 Å². The number of carbonyl (C=O) groups is 2. The molecule has 0 amide bonds. The minimum absolute atomic E-state index is 0.118. The Morgan fingerprint density at radius 3 is 2.63 bits per heavy atom. The van der Waals surface area contributed by atoms with Crippen LogP contribution in [0, 0.1) is 0 Å². The van der Waals surface area contributed by atoms with Gasteiger partial charge in [-0.1, -0.05) is 0 Å². The molecule has 2 aromatic rings. The van der Waals surface area contributed by atoms with Gasteiger partial charge in [-0.3, -0.25) is 0 Å². The Morgan fingerprint density at radius 2 is 2.00 bits per heavy atom. The molecule has 0 unspecified atom stereocenters. The molecule has 0 radical (unpaired) electrons. The van der Waals surface area contributed by atoms with E-state index in [0.717, 1.165) is 15.2 Å².